The molecule has 0 radical (unpaired) electrons. The molecule has 0 bridgehead atoms. The summed E-state index contributed by atoms with van der Waals surface area (Å²) in [7, 11) is 0. The van der Waals surface area contributed by atoms with Gasteiger partial charge in [0.25, 0.3) is 0 Å². The van der Waals surface area contributed by atoms with Crippen molar-refractivity contribution in [2.75, 3.05) is 0 Å². The predicted molar refractivity (Wildman–Crippen MR) is 113 cm³/mol. The third kappa shape index (κ3) is 4.01. The molecule has 1 heterocycles. The third-order valence-corrected chi connectivity index (χ3v) is 4.73. The number of rotatable bonds is 5. The maximum atomic E-state index is 12.2. The van der Waals surface area contributed by atoms with E-state index in [0.717, 1.165) is 27.5 Å². The van der Waals surface area contributed by atoms with E-state index < -0.39 is 0 Å². The van der Waals surface area contributed by atoms with Crippen molar-refractivity contribution in [3.63, 3.8) is 0 Å². The molecule has 4 nitrogen and oxygen atoms in total. The molecule has 138 valence electrons. The van der Waals surface area contributed by atoms with Gasteiger partial charge in [0.1, 0.15) is 0 Å². The Kier molecular flexibility index (Phi) is 5.29. The first-order valence-corrected chi connectivity index (χ1v) is 9.28. The molecule has 0 aliphatic rings. The van der Waals surface area contributed by atoms with Gasteiger partial charge < -0.3 is 10.6 Å². The number of carbonyl (C=O) groups excluding carboxylic acids is 1. The van der Waals surface area contributed by atoms with Gasteiger partial charge in [0.2, 0.25) is 0 Å². The lowest BCUT2D eigenvalue weighted by Crippen LogP contribution is -2.34. The summed E-state index contributed by atoms with van der Waals surface area (Å²) in [6.45, 7) is 0.944. The van der Waals surface area contributed by atoms with E-state index in [1.54, 1.807) is 6.20 Å². The average molecular weight is 367 g/mol. The highest BCUT2D eigenvalue weighted by molar-refractivity contribution is 5.98. The summed E-state index contributed by atoms with van der Waals surface area (Å²) in [4.78, 5) is 16.5. The monoisotopic (exact) mass is 367 g/mol. The zero-order valence-corrected chi connectivity index (χ0v) is 15.4. The van der Waals surface area contributed by atoms with E-state index >= 15 is 0 Å². The number of nitrogens with one attached hydrogen (secondary N) is 2. The fraction of sp³-hybridized carbons (Fsp3) is 0.0833. The third-order valence-electron chi connectivity index (χ3n) is 4.73. The lowest BCUT2D eigenvalue weighted by Gasteiger charge is -2.13. The molecule has 0 aliphatic heterocycles. The Hall–Kier alpha value is -3.66. The van der Waals surface area contributed by atoms with Crippen LogP contribution in [-0.4, -0.2) is 11.0 Å². The highest BCUT2D eigenvalue weighted by Gasteiger charge is 2.09. The standard InChI is InChI=1S/C24H21N3O/c28-24(26-15-18-7-3-1-4-8-18)27-16-20-11-12-21(19-9-5-2-6-10-19)22-13-14-25-17-23(20)22/h1-14,17H,15-16H2,(H2,26,27,28). The molecule has 4 aromatic rings. The minimum absolute atomic E-state index is 0.187. The summed E-state index contributed by atoms with van der Waals surface area (Å²) in [6, 6.07) is 26.2. The minimum atomic E-state index is -0.187. The van der Waals surface area contributed by atoms with E-state index in [2.05, 4.69) is 39.9 Å². The van der Waals surface area contributed by atoms with Crippen LogP contribution < -0.4 is 10.6 Å². The first kappa shape index (κ1) is 17.7. The maximum absolute atomic E-state index is 12.2. The smallest absolute Gasteiger partial charge is 0.315 e. The van der Waals surface area contributed by atoms with Crippen LogP contribution in [0.15, 0.2) is 91.3 Å². The second-order valence-electron chi connectivity index (χ2n) is 6.58. The zero-order chi connectivity index (χ0) is 19.2. The minimum Gasteiger partial charge on any atom is -0.334 e. The van der Waals surface area contributed by atoms with Crippen LogP contribution in [0.2, 0.25) is 0 Å². The SMILES string of the molecule is O=C(NCc1ccccc1)NCc1ccc(-c2ccccc2)c2ccncc12. The van der Waals surface area contributed by atoms with E-state index in [1.165, 1.54) is 5.56 Å². The van der Waals surface area contributed by atoms with Crippen LogP contribution >= 0.6 is 0 Å². The summed E-state index contributed by atoms with van der Waals surface area (Å²) < 4.78 is 0. The number of aromatic nitrogens is 1. The lowest BCUT2D eigenvalue weighted by molar-refractivity contribution is 0.240. The molecule has 0 saturated carbocycles. The van der Waals surface area contributed by atoms with Crippen molar-refractivity contribution >= 4 is 16.8 Å². The second kappa shape index (κ2) is 8.35. The molecule has 4 rings (SSSR count). The number of carbonyl (C=O) groups is 1. The summed E-state index contributed by atoms with van der Waals surface area (Å²) >= 11 is 0. The number of benzene rings is 3. The quantitative estimate of drug-likeness (QED) is 0.527. The second-order valence-corrected chi connectivity index (χ2v) is 6.58. The molecule has 0 fully saturated rings. The van der Waals surface area contributed by atoms with Gasteiger partial charge in [-0.1, -0.05) is 72.8 Å². The molecule has 0 aliphatic carbocycles. The van der Waals surface area contributed by atoms with Gasteiger partial charge in [-0.25, -0.2) is 4.79 Å². The van der Waals surface area contributed by atoms with Crippen LogP contribution in [-0.2, 0) is 13.1 Å². The van der Waals surface area contributed by atoms with Gasteiger partial charge >= 0.3 is 6.03 Å². The molecular formula is C24H21N3O. The number of hydrogen-bond acceptors (Lipinski definition) is 2. The Bertz CT molecular complexity index is 1080. The molecular weight excluding hydrogens is 346 g/mol. The Morgan fingerprint density at radius 3 is 2.25 bits per heavy atom. The topological polar surface area (TPSA) is 54.0 Å². The van der Waals surface area contributed by atoms with Crippen LogP contribution in [0.1, 0.15) is 11.1 Å². The van der Waals surface area contributed by atoms with Crippen molar-refractivity contribution in [1.29, 1.82) is 0 Å². The maximum Gasteiger partial charge on any atom is 0.315 e. The first-order valence-electron chi connectivity index (χ1n) is 9.28. The number of urea groups is 1. The van der Waals surface area contributed by atoms with Crippen molar-refractivity contribution in [3.05, 3.63) is 102 Å². The molecule has 0 atom stereocenters. The van der Waals surface area contributed by atoms with Crippen molar-refractivity contribution in [3.8, 4) is 11.1 Å². The van der Waals surface area contributed by atoms with Gasteiger partial charge in [0.05, 0.1) is 0 Å². The van der Waals surface area contributed by atoms with E-state index in [9.17, 15) is 4.79 Å². The van der Waals surface area contributed by atoms with Gasteiger partial charge in [-0.3, -0.25) is 4.98 Å². The number of fused-ring (bicyclic) bond motifs is 1. The van der Waals surface area contributed by atoms with Crippen molar-refractivity contribution < 1.29 is 4.79 Å². The molecule has 0 unspecified atom stereocenters. The molecule has 0 saturated heterocycles. The van der Waals surface area contributed by atoms with Gasteiger partial charge in [0.15, 0.2) is 0 Å². The van der Waals surface area contributed by atoms with Gasteiger partial charge in [-0.2, -0.15) is 0 Å². The number of amides is 2. The highest BCUT2D eigenvalue weighted by Crippen LogP contribution is 2.30. The molecule has 1 aromatic heterocycles. The van der Waals surface area contributed by atoms with Crippen LogP contribution in [0.4, 0.5) is 4.79 Å². The summed E-state index contributed by atoms with van der Waals surface area (Å²) in [6.07, 6.45) is 3.67. The molecule has 28 heavy (non-hydrogen) atoms. The summed E-state index contributed by atoms with van der Waals surface area (Å²) in [5, 5.41) is 8.01. The lowest BCUT2D eigenvalue weighted by atomic mass is 9.96. The Labute approximate surface area is 164 Å². The van der Waals surface area contributed by atoms with Crippen molar-refractivity contribution in [1.82, 2.24) is 15.6 Å². The summed E-state index contributed by atoms with van der Waals surface area (Å²) in [5.41, 5.74) is 4.44. The van der Waals surface area contributed by atoms with Crippen LogP contribution in [0.25, 0.3) is 21.9 Å². The molecule has 3 aromatic carbocycles. The Morgan fingerprint density at radius 2 is 1.46 bits per heavy atom. The predicted octanol–water partition coefficient (Wildman–Crippen LogP) is 4.90. The average Bonchev–Trinajstić information content (AvgIpc) is 2.77. The molecule has 2 amide bonds. The van der Waals surface area contributed by atoms with Gasteiger partial charge in [-0.15, -0.1) is 0 Å². The zero-order valence-electron chi connectivity index (χ0n) is 15.4. The largest absolute Gasteiger partial charge is 0.334 e. The van der Waals surface area contributed by atoms with Crippen LogP contribution in [0.3, 0.4) is 0 Å². The fourth-order valence-corrected chi connectivity index (χ4v) is 3.29. The van der Waals surface area contributed by atoms with E-state index in [4.69, 9.17) is 0 Å². The Morgan fingerprint density at radius 1 is 0.750 bits per heavy atom. The van der Waals surface area contributed by atoms with E-state index in [1.807, 2.05) is 60.8 Å². The van der Waals surface area contributed by atoms with Crippen molar-refractivity contribution in [2.45, 2.75) is 13.1 Å². The van der Waals surface area contributed by atoms with E-state index in [-0.39, 0.29) is 6.03 Å². The summed E-state index contributed by atoms with van der Waals surface area (Å²) in [5.74, 6) is 0. The first-order chi connectivity index (χ1) is 13.8. The van der Waals surface area contributed by atoms with Crippen LogP contribution in [0.5, 0.6) is 0 Å². The molecule has 4 heteroatoms. The van der Waals surface area contributed by atoms with Crippen LogP contribution in [0, 0.1) is 0 Å². The molecule has 2 N–H and O–H groups in total. The fourth-order valence-electron chi connectivity index (χ4n) is 3.29. The van der Waals surface area contributed by atoms with E-state index in [0.29, 0.717) is 13.1 Å². The molecule has 0 spiro atoms. The van der Waals surface area contributed by atoms with Crippen molar-refractivity contribution in [2.24, 2.45) is 0 Å². The number of pyridine rings is 1. The number of hydrogen-bond donors (Lipinski definition) is 2. The van der Waals surface area contributed by atoms with Gasteiger partial charge in [0, 0.05) is 30.9 Å². The number of nitrogens with zero attached hydrogens (tertiary/aromatic N) is 1. The normalized spacial score (nSPS) is 10.6. The highest BCUT2D eigenvalue weighted by atomic mass is 16.2. The Balaban J connectivity index is 1.49. The van der Waals surface area contributed by atoms with Gasteiger partial charge in [-0.05, 0) is 33.7 Å².